The van der Waals surface area contributed by atoms with Gasteiger partial charge in [0.05, 0.1) is 12.4 Å². The Morgan fingerprint density at radius 1 is 1.38 bits per heavy atom. The van der Waals surface area contributed by atoms with Gasteiger partial charge in [0.15, 0.2) is 10.7 Å². The molecule has 7 nitrogen and oxygen atoms in total. The van der Waals surface area contributed by atoms with Crippen molar-refractivity contribution in [2.45, 2.75) is 31.5 Å². The molecule has 0 fully saturated rings. The molecule has 0 aliphatic carbocycles. The lowest BCUT2D eigenvalue weighted by atomic mass is 10.0. The first-order valence-corrected chi connectivity index (χ1v) is 7.24. The molecule has 0 saturated heterocycles. The van der Waals surface area contributed by atoms with E-state index >= 15 is 0 Å². The molecule has 1 heterocycles. The van der Waals surface area contributed by atoms with Gasteiger partial charge in [0.25, 0.3) is 0 Å². The van der Waals surface area contributed by atoms with Crippen LogP contribution in [0.25, 0.3) is 0 Å². The molecule has 1 amide bonds. The van der Waals surface area contributed by atoms with Gasteiger partial charge in [0, 0.05) is 18.5 Å². The Kier molecular flexibility index (Phi) is 6.10. The molecule has 0 bridgehead atoms. The molecule has 1 rings (SSSR count). The van der Waals surface area contributed by atoms with Crippen LogP contribution < -0.4 is 5.32 Å². The van der Waals surface area contributed by atoms with E-state index in [4.69, 9.17) is 9.84 Å². The lowest BCUT2D eigenvalue weighted by molar-refractivity contribution is -0.148. The Balaban J connectivity index is 2.63. The summed E-state index contributed by atoms with van der Waals surface area (Å²) in [6.45, 7) is 4.98. The van der Waals surface area contributed by atoms with E-state index in [1.165, 1.54) is 14.0 Å². The highest BCUT2D eigenvalue weighted by molar-refractivity contribution is 7.99. The molecule has 21 heavy (non-hydrogen) atoms. The highest BCUT2D eigenvalue weighted by Crippen LogP contribution is 2.14. The summed E-state index contributed by atoms with van der Waals surface area (Å²) in [5.41, 5.74) is 0.191. The van der Waals surface area contributed by atoms with E-state index in [-0.39, 0.29) is 12.4 Å². The molecule has 1 aromatic heterocycles. The number of thioether (sulfide) groups is 1. The number of ether oxygens (including phenoxy) is 1. The summed E-state index contributed by atoms with van der Waals surface area (Å²) in [5.74, 6) is -1.52. The summed E-state index contributed by atoms with van der Waals surface area (Å²) in [6.07, 6.45) is 0. The molecule has 0 aliphatic heterocycles. The molecular formula is C13H19N3O4S. The molecule has 1 atom stereocenters. The SMILES string of the molecule is COCC(C)(NC(=O)CSc1nc(C)cc(C)n1)C(=O)O. The number of methoxy groups -OCH3 is 1. The lowest BCUT2D eigenvalue weighted by Crippen LogP contribution is -2.55. The fraction of sp³-hybridized carbons (Fsp3) is 0.538. The van der Waals surface area contributed by atoms with Crippen LogP contribution in [0.15, 0.2) is 11.2 Å². The van der Waals surface area contributed by atoms with Crippen molar-refractivity contribution in [2.24, 2.45) is 0 Å². The van der Waals surface area contributed by atoms with Gasteiger partial charge in [-0.15, -0.1) is 0 Å². The largest absolute Gasteiger partial charge is 0.479 e. The highest BCUT2D eigenvalue weighted by Gasteiger charge is 2.34. The van der Waals surface area contributed by atoms with Crippen molar-refractivity contribution in [3.63, 3.8) is 0 Å². The van der Waals surface area contributed by atoms with Gasteiger partial charge in [-0.3, -0.25) is 4.79 Å². The number of hydrogen-bond acceptors (Lipinski definition) is 6. The molecule has 1 unspecified atom stereocenters. The number of carboxylic acid groups (broad SMARTS) is 1. The molecule has 0 spiro atoms. The number of rotatable bonds is 7. The number of nitrogens with one attached hydrogen (secondary N) is 1. The summed E-state index contributed by atoms with van der Waals surface area (Å²) >= 11 is 1.16. The maximum Gasteiger partial charge on any atom is 0.331 e. The van der Waals surface area contributed by atoms with Crippen LogP contribution in [0, 0.1) is 13.8 Å². The van der Waals surface area contributed by atoms with E-state index in [0.29, 0.717) is 5.16 Å². The first kappa shape index (κ1) is 17.4. The van der Waals surface area contributed by atoms with Gasteiger partial charge >= 0.3 is 5.97 Å². The van der Waals surface area contributed by atoms with Gasteiger partial charge in [-0.05, 0) is 26.8 Å². The molecule has 1 aromatic rings. The summed E-state index contributed by atoms with van der Waals surface area (Å²) in [6, 6.07) is 1.84. The molecule has 0 aromatic carbocycles. The number of carbonyl (C=O) groups excluding carboxylic acids is 1. The number of aliphatic carboxylic acids is 1. The fourth-order valence-corrected chi connectivity index (χ4v) is 2.42. The van der Waals surface area contributed by atoms with Crippen molar-refractivity contribution in [1.29, 1.82) is 0 Å². The molecule has 116 valence electrons. The third-order valence-corrected chi connectivity index (χ3v) is 3.46. The summed E-state index contributed by atoms with van der Waals surface area (Å²) in [5, 5.41) is 12.1. The van der Waals surface area contributed by atoms with E-state index in [9.17, 15) is 9.59 Å². The zero-order valence-electron chi connectivity index (χ0n) is 12.5. The van der Waals surface area contributed by atoms with E-state index in [1.54, 1.807) is 0 Å². The second kappa shape index (κ2) is 7.37. The maximum absolute atomic E-state index is 11.9. The smallest absolute Gasteiger partial charge is 0.331 e. The number of nitrogens with zero attached hydrogens (tertiary/aromatic N) is 2. The number of carbonyl (C=O) groups is 2. The van der Waals surface area contributed by atoms with Crippen LogP contribution in [-0.2, 0) is 14.3 Å². The number of hydrogen-bond donors (Lipinski definition) is 2. The van der Waals surface area contributed by atoms with Gasteiger partial charge in [-0.1, -0.05) is 11.8 Å². The molecular weight excluding hydrogens is 294 g/mol. The third kappa shape index (κ3) is 5.31. The predicted octanol–water partition coefficient (Wildman–Crippen LogP) is 0.791. The number of aryl methyl sites for hydroxylation is 2. The Morgan fingerprint density at radius 2 is 1.95 bits per heavy atom. The van der Waals surface area contributed by atoms with Gasteiger partial charge in [0.2, 0.25) is 5.91 Å². The zero-order chi connectivity index (χ0) is 16.0. The van der Waals surface area contributed by atoms with Crippen molar-refractivity contribution < 1.29 is 19.4 Å². The first-order valence-electron chi connectivity index (χ1n) is 6.25. The first-order chi connectivity index (χ1) is 9.76. The van der Waals surface area contributed by atoms with E-state index in [2.05, 4.69) is 15.3 Å². The van der Waals surface area contributed by atoms with Gasteiger partial charge in [-0.25, -0.2) is 14.8 Å². The van der Waals surface area contributed by atoms with E-state index < -0.39 is 17.4 Å². The van der Waals surface area contributed by atoms with Crippen LogP contribution in [-0.4, -0.2) is 52.0 Å². The van der Waals surface area contributed by atoms with Crippen LogP contribution in [0.2, 0.25) is 0 Å². The van der Waals surface area contributed by atoms with Crippen molar-refractivity contribution in [1.82, 2.24) is 15.3 Å². The van der Waals surface area contributed by atoms with Crippen LogP contribution in [0.3, 0.4) is 0 Å². The summed E-state index contributed by atoms with van der Waals surface area (Å²) in [4.78, 5) is 31.5. The standard InChI is InChI=1S/C13H19N3O4S/c1-8-5-9(2)15-12(14-8)21-6-10(17)16-13(3,7-20-4)11(18)19/h5H,6-7H2,1-4H3,(H,16,17)(H,18,19). The summed E-state index contributed by atoms with van der Waals surface area (Å²) < 4.78 is 4.84. The third-order valence-electron chi connectivity index (χ3n) is 2.61. The second-order valence-electron chi connectivity index (χ2n) is 4.84. The number of carboxylic acids is 1. The highest BCUT2D eigenvalue weighted by atomic mass is 32.2. The quantitative estimate of drug-likeness (QED) is 0.567. The Labute approximate surface area is 127 Å². The minimum absolute atomic E-state index is 0.0372. The molecule has 2 N–H and O–H groups in total. The van der Waals surface area contributed by atoms with Crippen LogP contribution in [0.4, 0.5) is 0 Å². The molecule has 0 saturated carbocycles. The van der Waals surface area contributed by atoms with Crippen LogP contribution >= 0.6 is 11.8 Å². The van der Waals surface area contributed by atoms with Crippen molar-refractivity contribution in [2.75, 3.05) is 19.5 Å². The normalized spacial score (nSPS) is 13.5. The number of aromatic nitrogens is 2. The fourth-order valence-electron chi connectivity index (χ4n) is 1.67. The average Bonchev–Trinajstić information content (AvgIpc) is 2.35. The predicted molar refractivity (Wildman–Crippen MR) is 78.3 cm³/mol. The minimum atomic E-state index is -1.45. The lowest BCUT2D eigenvalue weighted by Gasteiger charge is -2.25. The van der Waals surface area contributed by atoms with Gasteiger partial charge in [-0.2, -0.15) is 0 Å². The maximum atomic E-state index is 11.9. The minimum Gasteiger partial charge on any atom is -0.479 e. The van der Waals surface area contributed by atoms with E-state index in [0.717, 1.165) is 23.1 Å². The summed E-state index contributed by atoms with van der Waals surface area (Å²) in [7, 11) is 1.38. The monoisotopic (exact) mass is 313 g/mol. The Hall–Kier alpha value is -1.67. The van der Waals surface area contributed by atoms with Gasteiger partial charge in [0.1, 0.15) is 0 Å². The Morgan fingerprint density at radius 3 is 2.43 bits per heavy atom. The second-order valence-corrected chi connectivity index (χ2v) is 5.78. The molecule has 0 radical (unpaired) electrons. The molecule has 8 heteroatoms. The Bertz CT molecular complexity index is 518. The average molecular weight is 313 g/mol. The van der Waals surface area contributed by atoms with Gasteiger partial charge < -0.3 is 15.2 Å². The van der Waals surface area contributed by atoms with Crippen molar-refractivity contribution in [3.8, 4) is 0 Å². The van der Waals surface area contributed by atoms with Crippen LogP contribution in [0.5, 0.6) is 0 Å². The van der Waals surface area contributed by atoms with Crippen molar-refractivity contribution >= 4 is 23.6 Å². The van der Waals surface area contributed by atoms with Crippen LogP contribution in [0.1, 0.15) is 18.3 Å². The number of amides is 1. The zero-order valence-corrected chi connectivity index (χ0v) is 13.3. The topological polar surface area (TPSA) is 101 Å². The van der Waals surface area contributed by atoms with E-state index in [1.807, 2.05) is 19.9 Å². The molecule has 0 aliphatic rings. The van der Waals surface area contributed by atoms with Crippen molar-refractivity contribution in [3.05, 3.63) is 17.5 Å².